The van der Waals surface area contributed by atoms with Crippen molar-refractivity contribution in [2.45, 2.75) is 12.8 Å². The first-order valence-corrected chi connectivity index (χ1v) is 12.2. The van der Waals surface area contributed by atoms with E-state index in [1.807, 2.05) is 35.7 Å². The third kappa shape index (κ3) is 3.91. The molecule has 0 saturated carbocycles. The molecular formula is C18H19N3O3S3. The smallest absolute Gasteiger partial charge is 0.229 e. The Morgan fingerprint density at radius 1 is 1.30 bits per heavy atom. The van der Waals surface area contributed by atoms with E-state index in [4.69, 9.17) is 0 Å². The summed E-state index contributed by atoms with van der Waals surface area (Å²) in [5, 5.41) is 6.56. The maximum Gasteiger partial charge on any atom is 0.229 e. The molecule has 0 aliphatic carbocycles. The predicted octanol–water partition coefficient (Wildman–Crippen LogP) is 3.63. The molecule has 2 aromatic heterocycles. The average Bonchev–Trinajstić information content (AvgIpc) is 3.27. The summed E-state index contributed by atoms with van der Waals surface area (Å²) in [4.78, 5) is 17.4. The van der Waals surface area contributed by atoms with Crippen LogP contribution in [0.2, 0.25) is 0 Å². The normalized spacial score (nSPS) is 18.6. The first-order valence-electron chi connectivity index (χ1n) is 8.61. The summed E-state index contributed by atoms with van der Waals surface area (Å²) in [6.45, 7) is 0.727. The number of benzene rings is 1. The Labute approximate surface area is 165 Å². The van der Waals surface area contributed by atoms with Crippen LogP contribution in [0.3, 0.4) is 0 Å². The highest BCUT2D eigenvalue weighted by Gasteiger charge is 2.30. The Bertz CT molecular complexity index is 1050. The van der Waals surface area contributed by atoms with E-state index in [9.17, 15) is 13.2 Å². The van der Waals surface area contributed by atoms with Crippen LogP contribution in [0.1, 0.15) is 12.8 Å². The second-order valence-corrected chi connectivity index (χ2v) is 10.5. The van der Waals surface area contributed by atoms with Gasteiger partial charge in [0.2, 0.25) is 15.9 Å². The summed E-state index contributed by atoms with van der Waals surface area (Å²) in [6, 6.07) is 9.91. The second kappa shape index (κ2) is 7.31. The lowest BCUT2D eigenvalue weighted by Gasteiger charge is -2.30. The molecule has 0 bridgehead atoms. The van der Waals surface area contributed by atoms with Gasteiger partial charge in [-0.25, -0.2) is 17.7 Å². The lowest BCUT2D eigenvalue weighted by molar-refractivity contribution is -0.120. The molecule has 1 unspecified atom stereocenters. The summed E-state index contributed by atoms with van der Waals surface area (Å²) >= 11 is 3.05. The number of hydrogen-bond acceptors (Lipinski definition) is 6. The van der Waals surface area contributed by atoms with Crippen molar-refractivity contribution in [3.63, 3.8) is 0 Å². The van der Waals surface area contributed by atoms with E-state index < -0.39 is 10.0 Å². The Kier molecular flexibility index (Phi) is 5.02. The van der Waals surface area contributed by atoms with Gasteiger partial charge in [-0.05, 0) is 36.4 Å². The van der Waals surface area contributed by atoms with Crippen LogP contribution >= 0.6 is 22.7 Å². The number of nitrogens with one attached hydrogen (secondary N) is 1. The molecular weight excluding hydrogens is 402 g/mol. The van der Waals surface area contributed by atoms with E-state index in [-0.39, 0.29) is 18.4 Å². The SMILES string of the molecule is CS(=O)(=O)N1CCCC(C(=O)Nc2sccc2-c2nc3ccccc3s2)C1. The van der Waals surface area contributed by atoms with Gasteiger partial charge in [-0.2, -0.15) is 0 Å². The van der Waals surface area contributed by atoms with Gasteiger partial charge in [0, 0.05) is 18.7 Å². The van der Waals surface area contributed by atoms with Crippen molar-refractivity contribution in [1.29, 1.82) is 0 Å². The molecule has 1 aromatic carbocycles. The third-order valence-corrected chi connectivity index (χ3v) is 7.82. The number of thiophene rings is 1. The molecule has 1 aliphatic rings. The summed E-state index contributed by atoms with van der Waals surface area (Å²) in [7, 11) is -3.27. The monoisotopic (exact) mass is 421 g/mol. The molecule has 1 atom stereocenters. The van der Waals surface area contributed by atoms with Crippen LogP contribution in [0.15, 0.2) is 35.7 Å². The summed E-state index contributed by atoms with van der Waals surface area (Å²) in [5.41, 5.74) is 1.85. The number of rotatable bonds is 4. The zero-order valence-electron chi connectivity index (χ0n) is 14.7. The number of amides is 1. The van der Waals surface area contributed by atoms with Gasteiger partial charge in [0.05, 0.1) is 22.4 Å². The van der Waals surface area contributed by atoms with E-state index in [1.54, 1.807) is 11.3 Å². The van der Waals surface area contributed by atoms with Crippen molar-refractivity contribution < 1.29 is 13.2 Å². The van der Waals surface area contributed by atoms with E-state index in [0.717, 1.165) is 25.8 Å². The fraction of sp³-hybridized carbons (Fsp3) is 0.333. The molecule has 4 rings (SSSR count). The highest BCUT2D eigenvalue weighted by molar-refractivity contribution is 7.88. The molecule has 1 fully saturated rings. The minimum atomic E-state index is -3.27. The number of carbonyl (C=O) groups excluding carboxylic acids is 1. The minimum absolute atomic E-state index is 0.131. The third-order valence-electron chi connectivity index (χ3n) is 4.65. The molecule has 9 heteroatoms. The number of aromatic nitrogens is 1. The number of carbonyl (C=O) groups is 1. The summed E-state index contributed by atoms with van der Waals surface area (Å²) in [6.07, 6.45) is 2.58. The number of nitrogens with zero attached hydrogens (tertiary/aromatic N) is 2. The number of fused-ring (bicyclic) bond motifs is 1. The zero-order valence-corrected chi connectivity index (χ0v) is 17.2. The van der Waals surface area contributed by atoms with Crippen LogP contribution in [-0.4, -0.2) is 43.0 Å². The van der Waals surface area contributed by atoms with Gasteiger partial charge in [-0.1, -0.05) is 12.1 Å². The largest absolute Gasteiger partial charge is 0.317 e. The molecule has 1 saturated heterocycles. The highest BCUT2D eigenvalue weighted by atomic mass is 32.2. The number of anilines is 1. The molecule has 6 nitrogen and oxygen atoms in total. The number of piperidine rings is 1. The Balaban J connectivity index is 1.54. The van der Waals surface area contributed by atoms with Crippen LogP contribution < -0.4 is 5.32 Å². The fourth-order valence-electron chi connectivity index (χ4n) is 3.23. The van der Waals surface area contributed by atoms with Crippen molar-refractivity contribution >= 4 is 53.8 Å². The van der Waals surface area contributed by atoms with Crippen LogP contribution in [0, 0.1) is 5.92 Å². The van der Waals surface area contributed by atoms with Crippen molar-refractivity contribution in [2.75, 3.05) is 24.7 Å². The lowest BCUT2D eigenvalue weighted by atomic mass is 9.99. The van der Waals surface area contributed by atoms with E-state index in [2.05, 4.69) is 10.3 Å². The molecule has 1 N–H and O–H groups in total. The van der Waals surface area contributed by atoms with Crippen molar-refractivity contribution in [3.05, 3.63) is 35.7 Å². The van der Waals surface area contributed by atoms with Crippen LogP contribution in [0.4, 0.5) is 5.00 Å². The first-order chi connectivity index (χ1) is 12.9. The molecule has 1 aliphatic heterocycles. The Hall–Kier alpha value is -1.81. The van der Waals surface area contributed by atoms with Crippen LogP contribution in [0.5, 0.6) is 0 Å². The first kappa shape index (κ1) is 18.5. The molecule has 3 heterocycles. The van der Waals surface area contributed by atoms with Gasteiger partial charge >= 0.3 is 0 Å². The topological polar surface area (TPSA) is 79.4 Å². The number of sulfonamides is 1. The maximum absolute atomic E-state index is 12.8. The van der Waals surface area contributed by atoms with E-state index in [1.165, 1.54) is 21.9 Å². The predicted molar refractivity (Wildman–Crippen MR) is 111 cm³/mol. The van der Waals surface area contributed by atoms with Crippen molar-refractivity contribution in [3.8, 4) is 10.6 Å². The van der Waals surface area contributed by atoms with Gasteiger partial charge in [-0.15, -0.1) is 22.7 Å². The van der Waals surface area contributed by atoms with Gasteiger partial charge in [-0.3, -0.25) is 4.79 Å². The Morgan fingerprint density at radius 2 is 2.11 bits per heavy atom. The van der Waals surface area contributed by atoms with Crippen molar-refractivity contribution in [1.82, 2.24) is 9.29 Å². The van der Waals surface area contributed by atoms with Gasteiger partial charge in [0.1, 0.15) is 10.0 Å². The fourth-order valence-corrected chi connectivity index (χ4v) is 6.00. The molecule has 142 valence electrons. The highest BCUT2D eigenvalue weighted by Crippen LogP contribution is 2.38. The maximum atomic E-state index is 12.8. The van der Waals surface area contributed by atoms with Crippen LogP contribution in [-0.2, 0) is 14.8 Å². The minimum Gasteiger partial charge on any atom is -0.317 e. The van der Waals surface area contributed by atoms with Gasteiger partial charge < -0.3 is 5.32 Å². The van der Waals surface area contributed by atoms with E-state index in [0.29, 0.717) is 19.4 Å². The zero-order chi connectivity index (χ0) is 19.0. The number of hydrogen-bond donors (Lipinski definition) is 1. The van der Waals surface area contributed by atoms with Gasteiger partial charge in [0.25, 0.3) is 0 Å². The average molecular weight is 422 g/mol. The molecule has 1 amide bonds. The quantitative estimate of drug-likeness (QED) is 0.698. The van der Waals surface area contributed by atoms with Crippen LogP contribution in [0.25, 0.3) is 20.8 Å². The number of para-hydroxylation sites is 1. The van der Waals surface area contributed by atoms with Gasteiger partial charge in [0.15, 0.2) is 0 Å². The van der Waals surface area contributed by atoms with Crippen molar-refractivity contribution in [2.24, 2.45) is 5.92 Å². The summed E-state index contributed by atoms with van der Waals surface area (Å²) in [5.74, 6) is -0.466. The Morgan fingerprint density at radius 3 is 2.89 bits per heavy atom. The summed E-state index contributed by atoms with van der Waals surface area (Å²) < 4.78 is 26.1. The molecule has 27 heavy (non-hydrogen) atoms. The second-order valence-electron chi connectivity index (χ2n) is 6.60. The molecule has 0 spiro atoms. The lowest BCUT2D eigenvalue weighted by Crippen LogP contribution is -2.43. The number of thiazole rings is 1. The standard InChI is InChI=1S/C18H19N3O3S3/c1-27(23,24)21-9-4-5-12(11-21)16(22)20-17-13(8-10-25-17)18-19-14-6-2-3-7-15(14)26-18/h2-3,6-8,10,12H,4-5,9,11H2,1H3,(H,20,22). The molecule has 0 radical (unpaired) electrons. The van der Waals surface area contributed by atoms with E-state index >= 15 is 0 Å². The molecule has 3 aromatic rings.